The van der Waals surface area contributed by atoms with Crippen LogP contribution < -0.4 is 0 Å². The molecule has 0 spiro atoms. The van der Waals surface area contributed by atoms with Crippen molar-refractivity contribution in [2.24, 2.45) is 5.92 Å². The average molecular weight is 234 g/mol. The highest BCUT2D eigenvalue weighted by atomic mass is 16.5. The number of methoxy groups -OCH3 is 1. The number of carbonyl (C=O) groups excluding carboxylic acids is 1. The van der Waals surface area contributed by atoms with E-state index in [0.29, 0.717) is 5.92 Å². The molecule has 17 heavy (non-hydrogen) atoms. The lowest BCUT2D eigenvalue weighted by molar-refractivity contribution is 0.0599. The van der Waals surface area contributed by atoms with Gasteiger partial charge in [0.15, 0.2) is 0 Å². The third-order valence-corrected chi connectivity index (χ3v) is 2.81. The first-order valence-electron chi connectivity index (χ1n) is 6.29. The second-order valence-corrected chi connectivity index (χ2v) is 4.78. The topological polar surface area (TPSA) is 26.3 Å². The number of ether oxygens (including phenoxy) is 1. The van der Waals surface area contributed by atoms with Gasteiger partial charge in [-0.05, 0) is 36.0 Å². The Kier molecular flexibility index (Phi) is 5.20. The highest BCUT2D eigenvalue weighted by Crippen LogP contribution is 2.20. The number of rotatable bonds is 5. The van der Waals surface area contributed by atoms with E-state index in [4.69, 9.17) is 4.74 Å². The van der Waals surface area contributed by atoms with Crippen LogP contribution in [-0.4, -0.2) is 13.1 Å². The van der Waals surface area contributed by atoms with E-state index < -0.39 is 0 Å². The van der Waals surface area contributed by atoms with Gasteiger partial charge in [0.05, 0.1) is 12.7 Å². The molecule has 94 valence electrons. The molecule has 0 N–H and O–H groups in total. The van der Waals surface area contributed by atoms with Crippen molar-refractivity contribution in [3.8, 4) is 0 Å². The van der Waals surface area contributed by atoms with Crippen LogP contribution in [0.4, 0.5) is 0 Å². The van der Waals surface area contributed by atoms with Crippen LogP contribution in [0, 0.1) is 5.92 Å². The van der Waals surface area contributed by atoms with E-state index in [0.717, 1.165) is 30.4 Å². The van der Waals surface area contributed by atoms with Gasteiger partial charge in [0.25, 0.3) is 0 Å². The van der Waals surface area contributed by atoms with E-state index in [-0.39, 0.29) is 5.97 Å². The normalized spacial score (nSPS) is 10.6. The minimum absolute atomic E-state index is 0.223. The first kappa shape index (κ1) is 13.8. The summed E-state index contributed by atoms with van der Waals surface area (Å²) >= 11 is 0. The molecule has 0 unspecified atom stereocenters. The second kappa shape index (κ2) is 6.43. The van der Waals surface area contributed by atoms with Gasteiger partial charge in [0.2, 0.25) is 0 Å². The molecule has 2 nitrogen and oxygen atoms in total. The van der Waals surface area contributed by atoms with Gasteiger partial charge in [0, 0.05) is 0 Å². The number of carbonyl (C=O) groups is 1. The fourth-order valence-electron chi connectivity index (χ4n) is 2.11. The number of benzene rings is 1. The standard InChI is InChI=1S/C15H22O2/c1-5-7-13-12(10-11(2)3)8-6-9-14(13)15(16)17-4/h6,8-9,11H,5,7,10H2,1-4H3. The van der Waals surface area contributed by atoms with Crippen molar-refractivity contribution >= 4 is 5.97 Å². The number of esters is 1. The lowest BCUT2D eigenvalue weighted by atomic mass is 9.92. The lowest BCUT2D eigenvalue weighted by Crippen LogP contribution is -2.09. The maximum Gasteiger partial charge on any atom is 0.338 e. The quantitative estimate of drug-likeness (QED) is 0.727. The van der Waals surface area contributed by atoms with E-state index in [1.807, 2.05) is 12.1 Å². The molecule has 0 bridgehead atoms. The fourth-order valence-corrected chi connectivity index (χ4v) is 2.11. The van der Waals surface area contributed by atoms with Crippen LogP contribution in [0.5, 0.6) is 0 Å². The first-order valence-corrected chi connectivity index (χ1v) is 6.29. The summed E-state index contributed by atoms with van der Waals surface area (Å²) in [6.45, 7) is 6.52. The van der Waals surface area contributed by atoms with Gasteiger partial charge in [-0.2, -0.15) is 0 Å². The lowest BCUT2D eigenvalue weighted by Gasteiger charge is -2.14. The van der Waals surface area contributed by atoms with Gasteiger partial charge in [-0.15, -0.1) is 0 Å². The molecule has 1 aromatic rings. The fraction of sp³-hybridized carbons (Fsp3) is 0.533. The van der Waals surface area contributed by atoms with Crippen molar-refractivity contribution in [1.82, 2.24) is 0 Å². The van der Waals surface area contributed by atoms with Crippen LogP contribution in [0.3, 0.4) is 0 Å². The third-order valence-electron chi connectivity index (χ3n) is 2.81. The highest BCUT2D eigenvalue weighted by molar-refractivity contribution is 5.91. The van der Waals surface area contributed by atoms with Crippen LogP contribution in [0.25, 0.3) is 0 Å². The maximum absolute atomic E-state index is 11.7. The van der Waals surface area contributed by atoms with Crippen molar-refractivity contribution in [2.75, 3.05) is 7.11 Å². The summed E-state index contributed by atoms with van der Waals surface area (Å²) in [5.74, 6) is 0.373. The van der Waals surface area contributed by atoms with E-state index in [1.54, 1.807) is 0 Å². The van der Waals surface area contributed by atoms with Crippen molar-refractivity contribution in [2.45, 2.75) is 40.0 Å². The Morgan fingerprint density at radius 3 is 2.59 bits per heavy atom. The first-order chi connectivity index (χ1) is 8.10. The van der Waals surface area contributed by atoms with Crippen LogP contribution >= 0.6 is 0 Å². The molecular formula is C15H22O2. The summed E-state index contributed by atoms with van der Waals surface area (Å²) in [6.07, 6.45) is 2.99. The molecular weight excluding hydrogens is 212 g/mol. The van der Waals surface area contributed by atoms with Crippen molar-refractivity contribution in [3.63, 3.8) is 0 Å². The van der Waals surface area contributed by atoms with Crippen molar-refractivity contribution in [3.05, 3.63) is 34.9 Å². The Bertz CT molecular complexity index is 381. The zero-order chi connectivity index (χ0) is 12.8. The largest absolute Gasteiger partial charge is 0.465 e. The molecule has 0 aliphatic carbocycles. The summed E-state index contributed by atoms with van der Waals surface area (Å²) in [5, 5.41) is 0. The van der Waals surface area contributed by atoms with E-state index in [9.17, 15) is 4.79 Å². The zero-order valence-electron chi connectivity index (χ0n) is 11.2. The molecule has 0 aliphatic rings. The Labute approximate surface area is 104 Å². The van der Waals surface area contributed by atoms with Crippen molar-refractivity contribution < 1.29 is 9.53 Å². The highest BCUT2D eigenvalue weighted by Gasteiger charge is 2.14. The van der Waals surface area contributed by atoms with Gasteiger partial charge in [0.1, 0.15) is 0 Å². The second-order valence-electron chi connectivity index (χ2n) is 4.78. The third kappa shape index (κ3) is 3.58. The number of hydrogen-bond acceptors (Lipinski definition) is 2. The molecule has 0 atom stereocenters. The van der Waals surface area contributed by atoms with Crippen LogP contribution in [0.15, 0.2) is 18.2 Å². The monoisotopic (exact) mass is 234 g/mol. The van der Waals surface area contributed by atoms with Crippen LogP contribution in [0.2, 0.25) is 0 Å². The molecule has 0 aromatic heterocycles. The summed E-state index contributed by atoms with van der Waals surface area (Å²) in [4.78, 5) is 11.7. The maximum atomic E-state index is 11.7. The molecule has 0 heterocycles. The molecule has 2 heteroatoms. The average Bonchev–Trinajstić information content (AvgIpc) is 2.30. The molecule has 1 rings (SSSR count). The molecule has 0 aliphatic heterocycles. The summed E-state index contributed by atoms with van der Waals surface area (Å²) in [7, 11) is 1.44. The SMILES string of the molecule is CCCc1c(CC(C)C)cccc1C(=O)OC. The van der Waals surface area contributed by atoms with Crippen LogP contribution in [-0.2, 0) is 17.6 Å². The summed E-state index contributed by atoms with van der Waals surface area (Å²) in [5.41, 5.74) is 3.17. The van der Waals surface area contributed by atoms with Gasteiger partial charge in [-0.25, -0.2) is 4.79 Å². The Morgan fingerprint density at radius 2 is 2.06 bits per heavy atom. The minimum Gasteiger partial charge on any atom is -0.465 e. The van der Waals surface area contributed by atoms with E-state index in [2.05, 4.69) is 26.8 Å². The summed E-state index contributed by atoms with van der Waals surface area (Å²) in [6, 6.07) is 5.93. The molecule has 0 saturated heterocycles. The Hall–Kier alpha value is -1.31. The van der Waals surface area contributed by atoms with E-state index >= 15 is 0 Å². The van der Waals surface area contributed by atoms with Crippen molar-refractivity contribution in [1.29, 1.82) is 0 Å². The summed E-state index contributed by atoms with van der Waals surface area (Å²) < 4.78 is 4.84. The Balaban J connectivity index is 3.16. The van der Waals surface area contributed by atoms with Gasteiger partial charge in [-0.1, -0.05) is 39.3 Å². The van der Waals surface area contributed by atoms with Gasteiger partial charge in [-0.3, -0.25) is 0 Å². The van der Waals surface area contributed by atoms with Crippen LogP contribution in [0.1, 0.15) is 48.7 Å². The number of hydrogen-bond donors (Lipinski definition) is 0. The Morgan fingerprint density at radius 1 is 1.35 bits per heavy atom. The molecule has 0 radical (unpaired) electrons. The predicted molar refractivity (Wildman–Crippen MR) is 70.3 cm³/mol. The smallest absolute Gasteiger partial charge is 0.338 e. The molecule has 0 fully saturated rings. The molecule has 1 aromatic carbocycles. The van der Waals surface area contributed by atoms with E-state index in [1.165, 1.54) is 12.7 Å². The van der Waals surface area contributed by atoms with Gasteiger partial charge < -0.3 is 4.74 Å². The zero-order valence-corrected chi connectivity index (χ0v) is 11.2. The molecule has 0 amide bonds. The minimum atomic E-state index is -0.223. The predicted octanol–water partition coefficient (Wildman–Crippen LogP) is 3.62. The van der Waals surface area contributed by atoms with Gasteiger partial charge >= 0.3 is 5.97 Å². The molecule has 0 saturated carbocycles.